The monoisotopic (exact) mass is 439 g/mol. The molecule has 32 heavy (non-hydrogen) atoms. The van der Waals surface area contributed by atoms with E-state index in [2.05, 4.69) is 46.8 Å². The summed E-state index contributed by atoms with van der Waals surface area (Å²) in [6, 6.07) is 4.15. The van der Waals surface area contributed by atoms with Crippen molar-refractivity contribution in [2.75, 3.05) is 13.1 Å². The SMILES string of the molecule is CC1=CC[C@@H]2[C@@H](C1)c1c(O)cc(C(C)(C)CCCCC(=O)N3CCCC3)cc1OC2(C)C. The van der Waals surface area contributed by atoms with Gasteiger partial charge in [0, 0.05) is 36.9 Å². The summed E-state index contributed by atoms with van der Waals surface area (Å²) < 4.78 is 6.52. The molecule has 0 unspecified atom stereocenters. The average molecular weight is 440 g/mol. The molecular formula is C28H41NO3. The summed E-state index contributed by atoms with van der Waals surface area (Å²) in [4.78, 5) is 14.3. The molecule has 0 radical (unpaired) electrons. The van der Waals surface area contributed by atoms with Gasteiger partial charge in [-0.1, -0.05) is 31.9 Å². The van der Waals surface area contributed by atoms with Crippen LogP contribution in [0.15, 0.2) is 23.8 Å². The third-order valence-electron chi connectivity index (χ3n) is 8.19. The number of carbonyl (C=O) groups excluding carboxylic acids is 1. The highest BCUT2D eigenvalue weighted by Gasteiger charge is 2.46. The number of benzene rings is 1. The van der Waals surface area contributed by atoms with Crippen molar-refractivity contribution in [3.8, 4) is 11.5 Å². The van der Waals surface area contributed by atoms with Crippen LogP contribution in [0.4, 0.5) is 0 Å². The number of aromatic hydroxyl groups is 1. The summed E-state index contributed by atoms with van der Waals surface area (Å²) >= 11 is 0. The highest BCUT2D eigenvalue weighted by Crippen LogP contribution is 2.54. The summed E-state index contributed by atoms with van der Waals surface area (Å²) in [6.45, 7) is 12.9. The third-order valence-corrected chi connectivity index (χ3v) is 8.19. The molecule has 1 amide bonds. The van der Waals surface area contributed by atoms with Crippen LogP contribution in [0.2, 0.25) is 0 Å². The van der Waals surface area contributed by atoms with Crippen molar-refractivity contribution in [1.29, 1.82) is 0 Å². The van der Waals surface area contributed by atoms with Gasteiger partial charge in [-0.15, -0.1) is 0 Å². The van der Waals surface area contributed by atoms with Crippen LogP contribution < -0.4 is 4.74 Å². The number of likely N-dealkylation sites (tertiary alicyclic amines) is 1. The number of carbonyl (C=O) groups is 1. The van der Waals surface area contributed by atoms with E-state index in [-0.39, 0.29) is 11.0 Å². The van der Waals surface area contributed by atoms with Crippen molar-refractivity contribution < 1.29 is 14.6 Å². The minimum atomic E-state index is -0.250. The van der Waals surface area contributed by atoms with Crippen molar-refractivity contribution in [1.82, 2.24) is 4.90 Å². The van der Waals surface area contributed by atoms with Gasteiger partial charge in [-0.2, -0.15) is 0 Å². The molecule has 0 saturated carbocycles. The molecule has 1 fully saturated rings. The first-order valence-electron chi connectivity index (χ1n) is 12.6. The Morgan fingerprint density at radius 1 is 1.22 bits per heavy atom. The number of amides is 1. The Kier molecular flexibility index (Phi) is 6.35. The van der Waals surface area contributed by atoms with Gasteiger partial charge in [0.1, 0.15) is 17.1 Å². The first-order valence-corrected chi connectivity index (χ1v) is 12.6. The van der Waals surface area contributed by atoms with E-state index in [0.29, 0.717) is 29.9 Å². The minimum Gasteiger partial charge on any atom is -0.508 e. The molecule has 1 N–H and O–H groups in total. The van der Waals surface area contributed by atoms with Gasteiger partial charge >= 0.3 is 0 Å². The lowest BCUT2D eigenvalue weighted by Gasteiger charge is -2.47. The Morgan fingerprint density at radius 3 is 2.66 bits per heavy atom. The number of unbranched alkanes of at least 4 members (excludes halogenated alkanes) is 1. The lowest BCUT2D eigenvalue weighted by molar-refractivity contribution is -0.130. The van der Waals surface area contributed by atoms with Crippen LogP contribution >= 0.6 is 0 Å². The molecule has 0 bridgehead atoms. The van der Waals surface area contributed by atoms with Gasteiger partial charge in [-0.05, 0) is 82.4 Å². The molecule has 0 aromatic heterocycles. The average Bonchev–Trinajstić information content (AvgIpc) is 3.25. The van der Waals surface area contributed by atoms with Gasteiger partial charge in [-0.3, -0.25) is 4.79 Å². The van der Waals surface area contributed by atoms with Crippen LogP contribution in [0.1, 0.15) is 103 Å². The van der Waals surface area contributed by atoms with E-state index >= 15 is 0 Å². The Bertz CT molecular complexity index is 892. The molecule has 1 aromatic carbocycles. The lowest BCUT2D eigenvalue weighted by atomic mass is 9.66. The molecule has 1 aliphatic carbocycles. The number of phenolic OH excluding ortho intramolecular Hbond substituents is 1. The zero-order valence-corrected chi connectivity index (χ0v) is 20.7. The second-order valence-electron chi connectivity index (χ2n) is 11.5. The smallest absolute Gasteiger partial charge is 0.222 e. The summed E-state index contributed by atoms with van der Waals surface area (Å²) in [5.41, 5.74) is 3.19. The van der Waals surface area contributed by atoms with Crippen LogP contribution in [0, 0.1) is 5.92 Å². The number of phenols is 1. The van der Waals surface area contributed by atoms with Crippen LogP contribution in [-0.4, -0.2) is 34.6 Å². The zero-order valence-electron chi connectivity index (χ0n) is 20.7. The molecule has 3 aliphatic rings. The molecular weight excluding hydrogens is 398 g/mol. The molecule has 4 heteroatoms. The van der Waals surface area contributed by atoms with Crippen LogP contribution in [0.5, 0.6) is 11.5 Å². The molecule has 4 rings (SSSR count). The molecule has 2 heterocycles. The normalized spacial score (nSPS) is 24.4. The standard InChI is InChI=1S/C28H41NO3/c1-19-11-12-22-21(16-19)26-23(30)17-20(18-24(26)32-28(22,4)5)27(2,3)13-7-6-10-25(31)29-14-8-9-15-29/h11,17-18,21-22,30H,6-10,12-16H2,1-5H3/t21-,22-/m1/s1. The fourth-order valence-electron chi connectivity index (χ4n) is 6.07. The Balaban J connectivity index is 1.46. The van der Waals surface area contributed by atoms with E-state index in [1.807, 2.05) is 11.0 Å². The predicted molar refractivity (Wildman–Crippen MR) is 129 cm³/mol. The molecule has 2 aliphatic heterocycles. The number of allylic oxidation sites excluding steroid dienone is 2. The number of rotatable bonds is 6. The second kappa shape index (κ2) is 8.76. The fraction of sp³-hybridized carbons (Fsp3) is 0.679. The minimum absolute atomic E-state index is 0.0874. The van der Waals surface area contributed by atoms with Gasteiger partial charge in [0.25, 0.3) is 0 Å². The largest absolute Gasteiger partial charge is 0.508 e. The van der Waals surface area contributed by atoms with Crippen molar-refractivity contribution in [2.45, 2.75) is 103 Å². The summed E-state index contributed by atoms with van der Waals surface area (Å²) in [6.07, 6.45) is 10.2. The second-order valence-corrected chi connectivity index (χ2v) is 11.5. The summed E-state index contributed by atoms with van der Waals surface area (Å²) in [7, 11) is 0. The number of nitrogens with zero attached hydrogens (tertiary/aromatic N) is 1. The number of hydrogen-bond acceptors (Lipinski definition) is 3. The topological polar surface area (TPSA) is 49.8 Å². The van der Waals surface area contributed by atoms with E-state index in [0.717, 1.165) is 74.9 Å². The highest BCUT2D eigenvalue weighted by molar-refractivity contribution is 5.76. The van der Waals surface area contributed by atoms with Crippen molar-refractivity contribution in [2.24, 2.45) is 5.92 Å². The fourth-order valence-corrected chi connectivity index (χ4v) is 6.07. The quantitative estimate of drug-likeness (QED) is 0.408. The van der Waals surface area contributed by atoms with Gasteiger partial charge < -0.3 is 14.7 Å². The first-order chi connectivity index (χ1) is 15.1. The summed E-state index contributed by atoms with van der Waals surface area (Å²) in [5.74, 6) is 2.26. The number of ether oxygens (including phenoxy) is 1. The van der Waals surface area contributed by atoms with Crippen molar-refractivity contribution >= 4 is 5.91 Å². The number of hydrogen-bond donors (Lipinski definition) is 1. The number of fused-ring (bicyclic) bond motifs is 3. The van der Waals surface area contributed by atoms with Crippen LogP contribution in [0.25, 0.3) is 0 Å². The van der Waals surface area contributed by atoms with Crippen LogP contribution in [0.3, 0.4) is 0 Å². The molecule has 2 atom stereocenters. The predicted octanol–water partition coefficient (Wildman–Crippen LogP) is 6.46. The Hall–Kier alpha value is -1.97. The molecule has 4 nitrogen and oxygen atoms in total. The first kappa shape index (κ1) is 23.2. The lowest BCUT2D eigenvalue weighted by Crippen LogP contribution is -2.45. The van der Waals surface area contributed by atoms with E-state index in [1.165, 1.54) is 5.57 Å². The summed E-state index contributed by atoms with van der Waals surface area (Å²) in [5, 5.41) is 11.1. The maximum absolute atomic E-state index is 12.3. The molecule has 1 aromatic rings. The van der Waals surface area contributed by atoms with E-state index < -0.39 is 0 Å². The van der Waals surface area contributed by atoms with E-state index in [9.17, 15) is 9.90 Å². The van der Waals surface area contributed by atoms with Crippen molar-refractivity contribution in [3.63, 3.8) is 0 Å². The Morgan fingerprint density at radius 2 is 1.94 bits per heavy atom. The van der Waals surface area contributed by atoms with E-state index in [1.54, 1.807) is 0 Å². The van der Waals surface area contributed by atoms with Crippen LogP contribution in [-0.2, 0) is 10.2 Å². The van der Waals surface area contributed by atoms with E-state index in [4.69, 9.17) is 4.74 Å². The maximum Gasteiger partial charge on any atom is 0.222 e. The van der Waals surface area contributed by atoms with Gasteiger partial charge in [0.15, 0.2) is 0 Å². The molecule has 1 saturated heterocycles. The molecule has 0 spiro atoms. The highest BCUT2D eigenvalue weighted by atomic mass is 16.5. The van der Waals surface area contributed by atoms with Gasteiger partial charge in [0.05, 0.1) is 0 Å². The Labute approximate surface area is 194 Å². The van der Waals surface area contributed by atoms with Gasteiger partial charge in [0.2, 0.25) is 5.91 Å². The van der Waals surface area contributed by atoms with Gasteiger partial charge in [-0.25, -0.2) is 0 Å². The van der Waals surface area contributed by atoms with Crippen molar-refractivity contribution in [3.05, 3.63) is 34.9 Å². The zero-order chi connectivity index (χ0) is 23.1. The third kappa shape index (κ3) is 4.56. The molecule has 176 valence electrons. The maximum atomic E-state index is 12.3.